The van der Waals surface area contributed by atoms with Gasteiger partial charge in [0.1, 0.15) is 0 Å². The van der Waals surface area contributed by atoms with Crippen molar-refractivity contribution < 1.29 is 0 Å². The van der Waals surface area contributed by atoms with E-state index in [0.717, 1.165) is 17.1 Å². The lowest BCUT2D eigenvalue weighted by molar-refractivity contribution is 0.794. The summed E-state index contributed by atoms with van der Waals surface area (Å²) in [5.74, 6) is 0. The van der Waals surface area contributed by atoms with Gasteiger partial charge < -0.3 is 4.90 Å². The van der Waals surface area contributed by atoms with Crippen molar-refractivity contribution in [3.63, 3.8) is 0 Å². The largest absolute Gasteiger partial charge is 0.310 e. The third kappa shape index (κ3) is 5.46. The summed E-state index contributed by atoms with van der Waals surface area (Å²) in [5, 5.41) is 10.1. The molecule has 0 bridgehead atoms. The summed E-state index contributed by atoms with van der Waals surface area (Å²) in [7, 11) is 0. The zero-order chi connectivity index (χ0) is 45.2. The predicted molar refractivity (Wildman–Crippen MR) is 294 cm³/mol. The lowest BCUT2D eigenvalue weighted by Gasteiger charge is -2.33. The van der Waals surface area contributed by atoms with E-state index in [9.17, 15) is 0 Å². The van der Waals surface area contributed by atoms with Crippen LogP contribution in [0.5, 0.6) is 0 Å². The van der Waals surface area contributed by atoms with E-state index in [1.807, 2.05) is 11.3 Å². The van der Waals surface area contributed by atoms with Crippen LogP contribution in [0.3, 0.4) is 0 Å². The minimum Gasteiger partial charge on any atom is -0.310 e. The molecule has 1 aromatic heterocycles. The van der Waals surface area contributed by atoms with Crippen LogP contribution in [0.25, 0.3) is 97.0 Å². The Labute approximate surface area is 404 Å². The SMILES string of the molecule is c1ccc(-c2cccc(N(c3ccc4c5ccccc5c5ccccc5c4c3)c3cc4c(cc3-c3ccc5sc6ccccc6c5c3)-c3ccccc3C43c4ccccc4-c4ccccc43)c2)cc1. The predicted octanol–water partition coefficient (Wildman–Crippen LogP) is 18.7. The first-order valence-electron chi connectivity index (χ1n) is 23.9. The van der Waals surface area contributed by atoms with Crippen LogP contribution >= 0.6 is 11.3 Å². The van der Waals surface area contributed by atoms with Crippen LogP contribution in [-0.4, -0.2) is 0 Å². The monoisotopic (exact) mass is 891 g/mol. The Bertz CT molecular complexity index is 4190. The Balaban J connectivity index is 1.09. The average Bonchev–Trinajstić information content (AvgIpc) is 4.05. The van der Waals surface area contributed by atoms with Gasteiger partial charge >= 0.3 is 0 Å². The van der Waals surface area contributed by atoms with Gasteiger partial charge in [-0.3, -0.25) is 0 Å². The van der Waals surface area contributed by atoms with Gasteiger partial charge in [0.2, 0.25) is 0 Å². The van der Waals surface area contributed by atoms with Crippen molar-refractivity contribution in [2.24, 2.45) is 0 Å². The Morgan fingerprint density at radius 2 is 0.783 bits per heavy atom. The van der Waals surface area contributed by atoms with Crippen LogP contribution in [-0.2, 0) is 5.41 Å². The molecule has 0 saturated heterocycles. The Hall–Kier alpha value is -8.56. The summed E-state index contributed by atoms with van der Waals surface area (Å²) in [4.78, 5) is 2.56. The maximum Gasteiger partial charge on any atom is 0.0726 e. The van der Waals surface area contributed by atoms with E-state index in [1.165, 1.54) is 119 Å². The number of nitrogens with zero attached hydrogens (tertiary/aromatic N) is 1. The fraction of sp³-hybridized carbons (Fsp3) is 0.0149. The molecule has 0 aliphatic heterocycles. The molecule has 2 aliphatic rings. The van der Waals surface area contributed by atoms with Crippen molar-refractivity contribution in [3.8, 4) is 44.5 Å². The molecule has 12 aromatic carbocycles. The van der Waals surface area contributed by atoms with Crippen LogP contribution in [0.2, 0.25) is 0 Å². The summed E-state index contributed by atoms with van der Waals surface area (Å²) in [6, 6.07) is 93.5. The maximum absolute atomic E-state index is 2.58. The number of fused-ring (bicyclic) bond motifs is 19. The van der Waals surface area contributed by atoms with Crippen LogP contribution in [0.15, 0.2) is 249 Å². The van der Waals surface area contributed by atoms with Gasteiger partial charge in [0.25, 0.3) is 0 Å². The molecular weight excluding hydrogens is 851 g/mol. The Morgan fingerprint density at radius 1 is 0.261 bits per heavy atom. The van der Waals surface area contributed by atoms with Crippen molar-refractivity contribution in [2.45, 2.75) is 5.41 Å². The van der Waals surface area contributed by atoms with Crippen molar-refractivity contribution in [2.75, 3.05) is 4.90 Å². The number of hydrogen-bond acceptors (Lipinski definition) is 2. The lowest BCUT2D eigenvalue weighted by Crippen LogP contribution is -2.26. The molecule has 0 radical (unpaired) electrons. The molecule has 0 saturated carbocycles. The second-order valence-electron chi connectivity index (χ2n) is 18.7. The molecule has 0 atom stereocenters. The highest BCUT2D eigenvalue weighted by Crippen LogP contribution is 2.64. The zero-order valence-electron chi connectivity index (χ0n) is 37.5. The first kappa shape index (κ1) is 38.5. The van der Waals surface area contributed by atoms with E-state index in [1.54, 1.807) is 0 Å². The molecule has 2 aliphatic carbocycles. The topological polar surface area (TPSA) is 3.24 Å². The number of hydrogen-bond donors (Lipinski definition) is 0. The van der Waals surface area contributed by atoms with Gasteiger partial charge in [-0.15, -0.1) is 11.3 Å². The highest BCUT2D eigenvalue weighted by Gasteiger charge is 2.52. The zero-order valence-corrected chi connectivity index (χ0v) is 38.3. The lowest BCUT2D eigenvalue weighted by atomic mass is 9.70. The average molecular weight is 892 g/mol. The molecule has 1 heterocycles. The smallest absolute Gasteiger partial charge is 0.0726 e. The molecular formula is C67H41NS. The molecule has 1 spiro atoms. The van der Waals surface area contributed by atoms with Gasteiger partial charge in [0.15, 0.2) is 0 Å². The minimum atomic E-state index is -0.518. The molecule has 1 nitrogen and oxygen atoms in total. The first-order valence-corrected chi connectivity index (χ1v) is 24.7. The van der Waals surface area contributed by atoms with Gasteiger partial charge in [0, 0.05) is 37.1 Å². The highest BCUT2D eigenvalue weighted by atomic mass is 32.1. The first-order chi connectivity index (χ1) is 34.2. The second kappa shape index (κ2) is 14.7. The van der Waals surface area contributed by atoms with E-state index in [2.05, 4.69) is 254 Å². The summed E-state index contributed by atoms with van der Waals surface area (Å²) in [6.07, 6.45) is 0. The molecule has 0 fully saturated rings. The Morgan fingerprint density at radius 3 is 1.46 bits per heavy atom. The third-order valence-corrected chi connectivity index (χ3v) is 16.4. The van der Waals surface area contributed by atoms with E-state index in [4.69, 9.17) is 0 Å². The second-order valence-corrected chi connectivity index (χ2v) is 19.8. The normalized spacial score (nSPS) is 13.0. The number of rotatable bonds is 5. The third-order valence-electron chi connectivity index (χ3n) is 15.2. The number of benzene rings is 12. The van der Waals surface area contributed by atoms with E-state index in [0.29, 0.717) is 0 Å². The van der Waals surface area contributed by atoms with Gasteiger partial charge in [0.05, 0.1) is 11.1 Å². The molecule has 69 heavy (non-hydrogen) atoms. The number of thiophene rings is 1. The molecule has 320 valence electrons. The summed E-state index contributed by atoms with van der Waals surface area (Å²) in [5.41, 5.74) is 18.0. The summed E-state index contributed by atoms with van der Waals surface area (Å²) in [6.45, 7) is 0. The van der Waals surface area contributed by atoms with E-state index < -0.39 is 5.41 Å². The quantitative estimate of drug-likeness (QED) is 0.156. The van der Waals surface area contributed by atoms with Crippen molar-refractivity contribution >= 4 is 80.9 Å². The Kier molecular flexibility index (Phi) is 8.22. The minimum absolute atomic E-state index is 0.518. The maximum atomic E-state index is 2.58. The van der Waals surface area contributed by atoms with Gasteiger partial charge in [-0.05, 0) is 148 Å². The van der Waals surface area contributed by atoms with Gasteiger partial charge in [-0.2, -0.15) is 0 Å². The standard InChI is InChI=1S/C67H41NS/c1-2-17-42(18-3-1)43-19-16-20-45(37-43)68(46-34-35-51-49-23-5-4-21-47(49)48-22-6-7-24-50(48)57(51)39-46)64-41-63-58(40-56(64)44-33-36-66-59(38-44)55-28-11-15-32-65(55)69-66)54-27-10-14-31-62(54)67(63)60-29-12-8-25-52(60)53-26-9-13-30-61(53)67/h1-41H. The molecule has 13 aromatic rings. The molecule has 0 unspecified atom stereocenters. The van der Waals surface area contributed by atoms with Gasteiger partial charge in [-0.25, -0.2) is 0 Å². The molecule has 0 N–H and O–H groups in total. The fourth-order valence-electron chi connectivity index (χ4n) is 12.4. The molecule has 0 amide bonds. The van der Waals surface area contributed by atoms with E-state index >= 15 is 0 Å². The summed E-state index contributed by atoms with van der Waals surface area (Å²) < 4.78 is 2.61. The van der Waals surface area contributed by atoms with Crippen LogP contribution in [0, 0.1) is 0 Å². The number of anilines is 3. The summed E-state index contributed by atoms with van der Waals surface area (Å²) >= 11 is 1.87. The molecule has 15 rings (SSSR count). The van der Waals surface area contributed by atoms with Crippen molar-refractivity contribution in [1.82, 2.24) is 0 Å². The molecule has 2 heteroatoms. The van der Waals surface area contributed by atoms with Crippen molar-refractivity contribution in [1.29, 1.82) is 0 Å². The van der Waals surface area contributed by atoms with Crippen LogP contribution in [0.1, 0.15) is 22.3 Å². The van der Waals surface area contributed by atoms with Crippen LogP contribution < -0.4 is 4.90 Å². The van der Waals surface area contributed by atoms with Crippen LogP contribution in [0.4, 0.5) is 17.1 Å². The van der Waals surface area contributed by atoms with Gasteiger partial charge in [-0.1, -0.05) is 194 Å². The highest BCUT2D eigenvalue weighted by molar-refractivity contribution is 7.25. The van der Waals surface area contributed by atoms with Crippen molar-refractivity contribution in [3.05, 3.63) is 271 Å². The van der Waals surface area contributed by atoms with E-state index in [-0.39, 0.29) is 0 Å². The fourth-order valence-corrected chi connectivity index (χ4v) is 13.4.